The largest absolute Gasteiger partial charge is 0.478 e. The molecule has 0 aliphatic heterocycles. The number of rotatable bonds is 4. The molecular weight excluding hydrogens is 284 g/mol. The maximum Gasteiger partial charge on any atom is 0.339 e. The molecule has 0 atom stereocenters. The third-order valence-corrected chi connectivity index (χ3v) is 4.39. The molecule has 0 aliphatic rings. The van der Waals surface area contributed by atoms with Gasteiger partial charge in [0.15, 0.2) is 0 Å². The van der Waals surface area contributed by atoms with Gasteiger partial charge in [-0.1, -0.05) is 30.3 Å². The van der Waals surface area contributed by atoms with Gasteiger partial charge < -0.3 is 5.11 Å². The number of nitrogens with zero attached hydrogens (tertiary/aromatic N) is 2. The van der Waals surface area contributed by atoms with Crippen LogP contribution in [-0.2, 0) is 12.8 Å². The molecule has 0 saturated heterocycles. The molecule has 0 spiro atoms. The minimum atomic E-state index is -0.933. The SMILES string of the molecule is Cn1ncc(C(=O)O)c1CSc1ccc2ccccc2c1. The van der Waals surface area contributed by atoms with Crippen molar-refractivity contribution >= 4 is 28.5 Å². The second-order valence-electron chi connectivity index (χ2n) is 4.73. The van der Waals surface area contributed by atoms with Crippen LogP contribution in [-0.4, -0.2) is 20.9 Å². The van der Waals surface area contributed by atoms with Crippen LogP contribution in [0.25, 0.3) is 10.8 Å². The molecule has 0 unspecified atom stereocenters. The predicted molar refractivity (Wildman–Crippen MR) is 83.7 cm³/mol. The average molecular weight is 298 g/mol. The van der Waals surface area contributed by atoms with Gasteiger partial charge in [-0.25, -0.2) is 4.79 Å². The van der Waals surface area contributed by atoms with Crippen LogP contribution in [0.4, 0.5) is 0 Å². The number of hydrogen-bond acceptors (Lipinski definition) is 3. The van der Waals surface area contributed by atoms with Gasteiger partial charge in [-0.3, -0.25) is 4.68 Å². The van der Waals surface area contributed by atoms with Crippen molar-refractivity contribution in [3.8, 4) is 0 Å². The summed E-state index contributed by atoms with van der Waals surface area (Å²) in [6.07, 6.45) is 1.40. The lowest BCUT2D eigenvalue weighted by atomic mass is 10.1. The molecule has 106 valence electrons. The number of fused-ring (bicyclic) bond motifs is 1. The number of carboxylic acids is 1. The zero-order valence-corrected chi connectivity index (χ0v) is 12.3. The summed E-state index contributed by atoms with van der Waals surface area (Å²) in [5.41, 5.74) is 0.992. The van der Waals surface area contributed by atoms with Crippen LogP contribution in [0.1, 0.15) is 16.1 Å². The maximum atomic E-state index is 11.2. The van der Waals surface area contributed by atoms with Crippen LogP contribution >= 0.6 is 11.8 Å². The number of thioether (sulfide) groups is 1. The topological polar surface area (TPSA) is 55.1 Å². The first-order valence-corrected chi connectivity index (χ1v) is 7.49. The van der Waals surface area contributed by atoms with Crippen LogP contribution in [0.15, 0.2) is 53.6 Å². The van der Waals surface area contributed by atoms with Crippen molar-refractivity contribution < 1.29 is 9.90 Å². The van der Waals surface area contributed by atoms with Gasteiger partial charge >= 0.3 is 5.97 Å². The van der Waals surface area contributed by atoms with Gasteiger partial charge in [-0.2, -0.15) is 5.10 Å². The van der Waals surface area contributed by atoms with Crippen molar-refractivity contribution in [2.24, 2.45) is 7.05 Å². The summed E-state index contributed by atoms with van der Waals surface area (Å²) in [7, 11) is 1.77. The van der Waals surface area contributed by atoms with E-state index in [4.69, 9.17) is 5.11 Å². The van der Waals surface area contributed by atoms with Crippen LogP contribution in [0, 0.1) is 0 Å². The van der Waals surface area contributed by atoms with Crippen LogP contribution in [0.5, 0.6) is 0 Å². The Balaban J connectivity index is 1.83. The van der Waals surface area contributed by atoms with Gasteiger partial charge in [0.1, 0.15) is 5.56 Å². The van der Waals surface area contributed by atoms with E-state index in [1.54, 1.807) is 23.5 Å². The van der Waals surface area contributed by atoms with Crippen molar-refractivity contribution in [3.05, 3.63) is 59.9 Å². The Hall–Kier alpha value is -2.27. The quantitative estimate of drug-likeness (QED) is 0.748. The molecule has 4 nitrogen and oxygen atoms in total. The van der Waals surface area contributed by atoms with Crippen LogP contribution in [0.2, 0.25) is 0 Å². The highest BCUT2D eigenvalue weighted by atomic mass is 32.2. The van der Waals surface area contributed by atoms with Gasteiger partial charge in [0.25, 0.3) is 0 Å². The number of carbonyl (C=O) groups is 1. The van der Waals surface area contributed by atoms with Crippen molar-refractivity contribution in [2.45, 2.75) is 10.6 Å². The van der Waals surface area contributed by atoms with Crippen molar-refractivity contribution in [2.75, 3.05) is 0 Å². The van der Waals surface area contributed by atoms with E-state index in [1.165, 1.54) is 17.0 Å². The Bertz CT molecular complexity index is 811. The lowest BCUT2D eigenvalue weighted by Crippen LogP contribution is -2.03. The van der Waals surface area contributed by atoms with Crippen molar-refractivity contribution in [1.82, 2.24) is 9.78 Å². The van der Waals surface area contributed by atoms with Gasteiger partial charge in [0.05, 0.1) is 11.9 Å². The van der Waals surface area contributed by atoms with Crippen LogP contribution < -0.4 is 0 Å². The van der Waals surface area contributed by atoms with E-state index >= 15 is 0 Å². The Morgan fingerprint density at radius 2 is 2.00 bits per heavy atom. The van der Waals surface area contributed by atoms with E-state index in [-0.39, 0.29) is 5.56 Å². The predicted octanol–water partition coefficient (Wildman–Crippen LogP) is 3.56. The molecule has 1 heterocycles. The molecule has 1 aromatic heterocycles. The molecule has 1 N–H and O–H groups in total. The van der Waals surface area contributed by atoms with Gasteiger partial charge in [0.2, 0.25) is 0 Å². The maximum absolute atomic E-state index is 11.2. The average Bonchev–Trinajstić information content (AvgIpc) is 2.86. The fourth-order valence-electron chi connectivity index (χ4n) is 2.22. The first kappa shape index (κ1) is 13.7. The summed E-state index contributed by atoms with van der Waals surface area (Å²) in [6.45, 7) is 0. The minimum absolute atomic E-state index is 0.269. The number of aromatic nitrogens is 2. The highest BCUT2D eigenvalue weighted by Crippen LogP contribution is 2.27. The van der Waals surface area contributed by atoms with E-state index in [1.807, 2.05) is 12.1 Å². The molecule has 0 saturated carbocycles. The number of benzene rings is 2. The molecule has 0 fully saturated rings. The van der Waals surface area contributed by atoms with Gasteiger partial charge in [-0.05, 0) is 22.9 Å². The third-order valence-electron chi connectivity index (χ3n) is 3.39. The smallest absolute Gasteiger partial charge is 0.339 e. The lowest BCUT2D eigenvalue weighted by molar-refractivity contribution is 0.0696. The molecule has 0 radical (unpaired) electrons. The van der Waals surface area contributed by atoms with Gasteiger partial charge in [-0.15, -0.1) is 11.8 Å². The highest BCUT2D eigenvalue weighted by molar-refractivity contribution is 7.98. The minimum Gasteiger partial charge on any atom is -0.478 e. The molecular formula is C16H14N2O2S. The monoisotopic (exact) mass is 298 g/mol. The number of aryl methyl sites for hydroxylation is 1. The Labute approximate surface area is 126 Å². The second-order valence-corrected chi connectivity index (χ2v) is 5.78. The van der Waals surface area contributed by atoms with E-state index in [0.717, 1.165) is 10.6 Å². The van der Waals surface area contributed by atoms with E-state index in [2.05, 4.69) is 35.4 Å². The number of hydrogen-bond donors (Lipinski definition) is 1. The molecule has 3 rings (SSSR count). The molecule has 3 aromatic rings. The Morgan fingerprint density at radius 1 is 1.24 bits per heavy atom. The third kappa shape index (κ3) is 2.78. The summed E-state index contributed by atoms with van der Waals surface area (Å²) in [5, 5.41) is 15.6. The van der Waals surface area contributed by atoms with Crippen molar-refractivity contribution in [3.63, 3.8) is 0 Å². The zero-order chi connectivity index (χ0) is 14.8. The lowest BCUT2D eigenvalue weighted by Gasteiger charge is -2.05. The molecule has 0 amide bonds. The number of aromatic carboxylic acids is 1. The van der Waals surface area contributed by atoms with E-state index < -0.39 is 5.97 Å². The molecule has 21 heavy (non-hydrogen) atoms. The summed E-state index contributed by atoms with van der Waals surface area (Å²) < 4.78 is 1.62. The molecule has 2 aromatic carbocycles. The zero-order valence-electron chi connectivity index (χ0n) is 11.5. The summed E-state index contributed by atoms with van der Waals surface area (Å²) in [6, 6.07) is 14.4. The van der Waals surface area contributed by atoms with Gasteiger partial charge in [0, 0.05) is 17.7 Å². The van der Waals surface area contributed by atoms with E-state index in [9.17, 15) is 4.79 Å². The fourth-order valence-corrected chi connectivity index (χ4v) is 3.24. The molecule has 5 heteroatoms. The first-order chi connectivity index (χ1) is 10.1. The van der Waals surface area contributed by atoms with Crippen molar-refractivity contribution in [1.29, 1.82) is 0 Å². The Morgan fingerprint density at radius 3 is 2.76 bits per heavy atom. The highest BCUT2D eigenvalue weighted by Gasteiger charge is 2.15. The van der Waals surface area contributed by atoms with Crippen LogP contribution in [0.3, 0.4) is 0 Å². The first-order valence-electron chi connectivity index (χ1n) is 6.51. The fraction of sp³-hybridized carbons (Fsp3) is 0.125. The van der Waals surface area contributed by atoms with E-state index in [0.29, 0.717) is 5.75 Å². The summed E-state index contributed by atoms with van der Waals surface area (Å²) in [4.78, 5) is 12.3. The normalized spacial score (nSPS) is 10.9. The Kier molecular flexibility index (Phi) is 3.66. The molecule has 0 aliphatic carbocycles. The number of carboxylic acid groups (broad SMARTS) is 1. The summed E-state index contributed by atoms with van der Waals surface area (Å²) in [5.74, 6) is -0.353. The standard InChI is InChI=1S/C16H14N2O2S/c1-18-15(14(9-17-18)16(19)20)10-21-13-7-6-11-4-2-3-5-12(11)8-13/h2-9H,10H2,1H3,(H,19,20). The molecule has 0 bridgehead atoms. The summed E-state index contributed by atoms with van der Waals surface area (Å²) >= 11 is 1.61. The second kappa shape index (κ2) is 5.61.